The Hall–Kier alpha value is -1.86. The lowest BCUT2D eigenvalue weighted by molar-refractivity contribution is 0.626. The largest absolute Gasteiger partial charge is 0.249 e. The fraction of sp³-hybridized carbons (Fsp3) is 0.0769. The van der Waals surface area contributed by atoms with Gasteiger partial charge in [0.2, 0.25) is 0 Å². The van der Waals surface area contributed by atoms with Crippen LogP contribution in [0.2, 0.25) is 0 Å². The number of thioether (sulfide) groups is 1. The van der Waals surface area contributed by atoms with E-state index in [-0.39, 0.29) is 5.82 Å². The van der Waals surface area contributed by atoms with Crippen molar-refractivity contribution in [2.24, 2.45) is 0 Å². The molecule has 0 amide bonds. The predicted octanol–water partition coefficient (Wildman–Crippen LogP) is 3.38. The predicted molar refractivity (Wildman–Crippen MR) is 64.9 cm³/mol. The fourth-order valence-electron chi connectivity index (χ4n) is 1.37. The van der Waals surface area contributed by atoms with Crippen LogP contribution in [0.5, 0.6) is 0 Å². The molecule has 0 spiro atoms. The number of rotatable bonds is 3. The minimum Gasteiger partial charge on any atom is -0.249 e. The number of halogens is 1. The quantitative estimate of drug-likeness (QED) is 0.776. The molecule has 0 unspecified atom stereocenters. The molecule has 17 heavy (non-hydrogen) atoms. The molecule has 1 heterocycles. The van der Waals surface area contributed by atoms with Crippen LogP contribution in [0.3, 0.4) is 0 Å². The first-order chi connectivity index (χ1) is 8.29. The Kier molecular flexibility index (Phi) is 3.73. The van der Waals surface area contributed by atoms with Crippen molar-refractivity contribution in [1.82, 2.24) is 4.98 Å². The molecular formula is C13H9FN2S. The lowest BCUT2D eigenvalue weighted by Crippen LogP contribution is -1.87. The topological polar surface area (TPSA) is 36.7 Å². The van der Waals surface area contributed by atoms with Gasteiger partial charge >= 0.3 is 0 Å². The van der Waals surface area contributed by atoms with Crippen LogP contribution in [0, 0.1) is 17.1 Å². The summed E-state index contributed by atoms with van der Waals surface area (Å²) >= 11 is 1.43. The van der Waals surface area contributed by atoms with Crippen LogP contribution in [-0.2, 0) is 5.75 Å². The SMILES string of the molecule is N#Cc1cccnc1SCc1cccc(F)c1. The second kappa shape index (κ2) is 5.46. The Balaban J connectivity index is 2.10. The molecule has 0 saturated carbocycles. The van der Waals surface area contributed by atoms with Gasteiger partial charge in [-0.25, -0.2) is 9.37 Å². The van der Waals surface area contributed by atoms with Gasteiger partial charge in [0, 0.05) is 11.9 Å². The van der Waals surface area contributed by atoms with E-state index in [1.807, 2.05) is 6.07 Å². The molecule has 0 N–H and O–H groups in total. The Bertz CT molecular complexity index is 563. The highest BCUT2D eigenvalue weighted by Crippen LogP contribution is 2.23. The van der Waals surface area contributed by atoms with Crippen molar-refractivity contribution in [1.29, 1.82) is 5.26 Å². The second-order valence-electron chi connectivity index (χ2n) is 3.39. The summed E-state index contributed by atoms with van der Waals surface area (Å²) in [6.07, 6.45) is 1.65. The number of hydrogen-bond donors (Lipinski definition) is 0. The van der Waals surface area contributed by atoms with Crippen molar-refractivity contribution >= 4 is 11.8 Å². The zero-order valence-corrected chi connectivity index (χ0v) is 9.75. The molecule has 0 atom stereocenters. The van der Waals surface area contributed by atoms with E-state index in [2.05, 4.69) is 11.1 Å². The van der Waals surface area contributed by atoms with Gasteiger partial charge in [0.1, 0.15) is 16.9 Å². The summed E-state index contributed by atoms with van der Waals surface area (Å²) in [5.41, 5.74) is 1.43. The smallest absolute Gasteiger partial charge is 0.123 e. The van der Waals surface area contributed by atoms with Crippen molar-refractivity contribution in [2.75, 3.05) is 0 Å². The number of benzene rings is 1. The lowest BCUT2D eigenvalue weighted by Gasteiger charge is -2.02. The molecule has 2 nitrogen and oxygen atoms in total. The van der Waals surface area contributed by atoms with E-state index in [0.717, 1.165) is 5.56 Å². The van der Waals surface area contributed by atoms with Crippen molar-refractivity contribution in [3.63, 3.8) is 0 Å². The monoisotopic (exact) mass is 244 g/mol. The van der Waals surface area contributed by atoms with Gasteiger partial charge in [-0.2, -0.15) is 5.26 Å². The van der Waals surface area contributed by atoms with E-state index in [1.165, 1.54) is 23.9 Å². The highest BCUT2D eigenvalue weighted by Gasteiger charge is 2.04. The van der Waals surface area contributed by atoms with Crippen LogP contribution in [-0.4, -0.2) is 4.98 Å². The summed E-state index contributed by atoms with van der Waals surface area (Å²) in [6, 6.07) is 12.0. The van der Waals surface area contributed by atoms with Crippen LogP contribution < -0.4 is 0 Å². The van der Waals surface area contributed by atoms with Crippen molar-refractivity contribution in [3.8, 4) is 6.07 Å². The minimum absolute atomic E-state index is 0.246. The van der Waals surface area contributed by atoms with Gasteiger partial charge in [-0.15, -0.1) is 11.8 Å². The van der Waals surface area contributed by atoms with Gasteiger partial charge < -0.3 is 0 Å². The van der Waals surface area contributed by atoms with Gasteiger partial charge in [0.25, 0.3) is 0 Å². The first kappa shape index (κ1) is 11.6. The summed E-state index contributed by atoms with van der Waals surface area (Å²) < 4.78 is 13.0. The van der Waals surface area contributed by atoms with E-state index in [0.29, 0.717) is 16.3 Å². The summed E-state index contributed by atoms with van der Waals surface area (Å²) in [7, 11) is 0. The molecule has 1 aromatic carbocycles. The minimum atomic E-state index is -0.246. The summed E-state index contributed by atoms with van der Waals surface area (Å²) in [6.45, 7) is 0. The Morgan fingerprint density at radius 3 is 2.94 bits per heavy atom. The van der Waals surface area contributed by atoms with E-state index in [9.17, 15) is 4.39 Å². The van der Waals surface area contributed by atoms with Gasteiger partial charge in [0.05, 0.1) is 5.56 Å². The molecule has 4 heteroatoms. The fourth-order valence-corrected chi connectivity index (χ4v) is 2.26. The number of nitriles is 1. The van der Waals surface area contributed by atoms with Crippen molar-refractivity contribution < 1.29 is 4.39 Å². The number of aromatic nitrogens is 1. The average molecular weight is 244 g/mol. The Labute approximate surface area is 103 Å². The Morgan fingerprint density at radius 1 is 1.29 bits per heavy atom. The van der Waals surface area contributed by atoms with E-state index in [1.54, 1.807) is 24.4 Å². The molecule has 0 aliphatic heterocycles. The third kappa shape index (κ3) is 3.05. The Morgan fingerprint density at radius 2 is 2.18 bits per heavy atom. The standard InChI is InChI=1S/C13H9FN2S/c14-12-5-1-3-10(7-12)9-17-13-11(8-15)4-2-6-16-13/h1-7H,9H2. The highest BCUT2D eigenvalue weighted by molar-refractivity contribution is 7.98. The third-order valence-corrected chi connectivity index (χ3v) is 3.23. The summed E-state index contributed by atoms with van der Waals surface area (Å²) in [5.74, 6) is 0.355. The first-order valence-corrected chi connectivity index (χ1v) is 6.00. The molecule has 2 rings (SSSR count). The molecule has 2 aromatic rings. The molecule has 0 radical (unpaired) electrons. The summed E-state index contributed by atoms with van der Waals surface area (Å²) in [4.78, 5) is 4.13. The number of pyridine rings is 1. The van der Waals surface area contributed by atoms with Gasteiger partial charge in [-0.05, 0) is 29.8 Å². The first-order valence-electron chi connectivity index (χ1n) is 5.02. The maximum atomic E-state index is 13.0. The average Bonchev–Trinajstić information content (AvgIpc) is 2.37. The molecule has 84 valence electrons. The number of hydrogen-bond acceptors (Lipinski definition) is 3. The van der Waals surface area contributed by atoms with Crippen molar-refractivity contribution in [2.45, 2.75) is 10.8 Å². The zero-order valence-electron chi connectivity index (χ0n) is 8.93. The lowest BCUT2D eigenvalue weighted by atomic mass is 10.2. The maximum Gasteiger partial charge on any atom is 0.123 e. The van der Waals surface area contributed by atoms with Crippen LogP contribution >= 0.6 is 11.8 Å². The van der Waals surface area contributed by atoms with Gasteiger partial charge in [-0.1, -0.05) is 12.1 Å². The number of nitrogens with zero attached hydrogens (tertiary/aromatic N) is 2. The molecule has 0 fully saturated rings. The molecule has 0 saturated heterocycles. The second-order valence-corrected chi connectivity index (χ2v) is 4.35. The third-order valence-electron chi connectivity index (χ3n) is 2.16. The zero-order chi connectivity index (χ0) is 12.1. The molecule has 0 bridgehead atoms. The normalized spacial score (nSPS) is 9.88. The van der Waals surface area contributed by atoms with E-state index in [4.69, 9.17) is 5.26 Å². The van der Waals surface area contributed by atoms with Crippen LogP contribution in [0.15, 0.2) is 47.6 Å². The van der Waals surface area contributed by atoms with Crippen LogP contribution in [0.1, 0.15) is 11.1 Å². The molecule has 1 aromatic heterocycles. The maximum absolute atomic E-state index is 13.0. The van der Waals surface area contributed by atoms with E-state index >= 15 is 0 Å². The van der Waals surface area contributed by atoms with Gasteiger partial charge in [-0.3, -0.25) is 0 Å². The van der Waals surface area contributed by atoms with Crippen LogP contribution in [0.25, 0.3) is 0 Å². The van der Waals surface area contributed by atoms with Crippen LogP contribution in [0.4, 0.5) is 4.39 Å². The van der Waals surface area contributed by atoms with Gasteiger partial charge in [0.15, 0.2) is 0 Å². The van der Waals surface area contributed by atoms with E-state index < -0.39 is 0 Å². The summed E-state index contributed by atoms with van der Waals surface area (Å²) in [5, 5.41) is 9.58. The molecule has 0 aliphatic rings. The van der Waals surface area contributed by atoms with Crippen molar-refractivity contribution in [3.05, 3.63) is 59.5 Å². The molecule has 0 aliphatic carbocycles. The highest BCUT2D eigenvalue weighted by atomic mass is 32.2. The molecular weight excluding hydrogens is 235 g/mol.